The maximum absolute atomic E-state index is 12.3. The lowest BCUT2D eigenvalue weighted by molar-refractivity contribution is -0.140. The maximum atomic E-state index is 12.3. The van der Waals surface area contributed by atoms with Crippen LogP contribution in [0.3, 0.4) is 0 Å². The fourth-order valence-corrected chi connectivity index (χ4v) is 2.56. The first-order valence-electron chi connectivity index (χ1n) is 6.99. The number of esters is 1. The van der Waals surface area contributed by atoms with Gasteiger partial charge in [0.05, 0.1) is 0 Å². The van der Waals surface area contributed by atoms with Gasteiger partial charge in [0.2, 0.25) is 5.78 Å². The number of hydrogen-bond acceptors (Lipinski definition) is 4. The van der Waals surface area contributed by atoms with Crippen molar-refractivity contribution in [3.63, 3.8) is 0 Å². The number of rotatable bonds is 5. The van der Waals surface area contributed by atoms with Gasteiger partial charge in [-0.1, -0.05) is 12.1 Å². The van der Waals surface area contributed by atoms with Gasteiger partial charge in [0.25, 0.3) is 0 Å². The molecular weight excluding hydrogens is 296 g/mol. The Kier molecular flexibility index (Phi) is 5.28. The molecule has 1 atom stereocenters. The quantitative estimate of drug-likeness (QED) is 0.472. The molecule has 22 heavy (non-hydrogen) atoms. The highest BCUT2D eigenvalue weighted by atomic mass is 32.1. The van der Waals surface area contributed by atoms with E-state index < -0.39 is 12.1 Å². The van der Waals surface area contributed by atoms with E-state index in [2.05, 4.69) is 0 Å². The minimum atomic E-state index is -0.804. The normalized spacial score (nSPS) is 12.3. The predicted octanol–water partition coefficient (Wildman–Crippen LogP) is 4.19. The van der Waals surface area contributed by atoms with E-state index in [0.29, 0.717) is 5.56 Å². The summed E-state index contributed by atoms with van der Waals surface area (Å²) in [5.41, 5.74) is 3.67. The third kappa shape index (κ3) is 4.15. The van der Waals surface area contributed by atoms with Crippen LogP contribution in [0.1, 0.15) is 34.0 Å². The second kappa shape index (κ2) is 7.18. The van der Waals surface area contributed by atoms with Crippen molar-refractivity contribution in [2.75, 3.05) is 0 Å². The molecule has 0 amide bonds. The molecule has 0 saturated heterocycles. The summed E-state index contributed by atoms with van der Waals surface area (Å²) in [6.45, 7) is 5.53. The van der Waals surface area contributed by atoms with Crippen LogP contribution in [0.4, 0.5) is 0 Å². The highest BCUT2D eigenvalue weighted by Crippen LogP contribution is 2.13. The Balaban J connectivity index is 1.98. The zero-order valence-corrected chi connectivity index (χ0v) is 13.6. The van der Waals surface area contributed by atoms with Crippen molar-refractivity contribution in [3.05, 3.63) is 63.4 Å². The number of ether oxygens (including phenoxy) is 1. The van der Waals surface area contributed by atoms with E-state index in [1.54, 1.807) is 30.4 Å². The zero-order valence-electron chi connectivity index (χ0n) is 12.8. The molecule has 0 aliphatic heterocycles. The topological polar surface area (TPSA) is 43.4 Å². The molecule has 1 aromatic heterocycles. The third-order valence-corrected chi connectivity index (χ3v) is 4.11. The van der Waals surface area contributed by atoms with Gasteiger partial charge >= 0.3 is 5.97 Å². The summed E-state index contributed by atoms with van der Waals surface area (Å²) in [5, 5.41) is 3.85. The fraction of sp³-hybridized carbons (Fsp3) is 0.222. The molecule has 0 radical (unpaired) electrons. The van der Waals surface area contributed by atoms with E-state index in [4.69, 9.17) is 4.74 Å². The maximum Gasteiger partial charge on any atom is 0.331 e. The van der Waals surface area contributed by atoms with E-state index >= 15 is 0 Å². The summed E-state index contributed by atoms with van der Waals surface area (Å²) in [7, 11) is 0. The van der Waals surface area contributed by atoms with Crippen molar-refractivity contribution in [2.24, 2.45) is 0 Å². The summed E-state index contributed by atoms with van der Waals surface area (Å²) in [5.74, 6) is -0.712. The zero-order chi connectivity index (χ0) is 16.1. The van der Waals surface area contributed by atoms with Crippen LogP contribution in [0, 0.1) is 13.8 Å². The number of thiophene rings is 1. The summed E-state index contributed by atoms with van der Waals surface area (Å²) < 4.78 is 5.16. The third-order valence-electron chi connectivity index (χ3n) is 3.41. The Morgan fingerprint density at radius 1 is 1.18 bits per heavy atom. The number of Topliss-reactive ketones (excluding diaryl/α,β-unsaturated/α-hetero) is 1. The van der Waals surface area contributed by atoms with Crippen molar-refractivity contribution in [1.82, 2.24) is 0 Å². The van der Waals surface area contributed by atoms with Gasteiger partial charge in [-0.3, -0.25) is 4.79 Å². The molecule has 3 nitrogen and oxygen atoms in total. The molecule has 0 aliphatic rings. The van der Waals surface area contributed by atoms with Gasteiger partial charge in [0.1, 0.15) is 0 Å². The number of ketones is 1. The SMILES string of the molecule is Cc1ccc(C(=O)[C@@H](C)OC(=O)/C=C/c2ccsc2)cc1C. The van der Waals surface area contributed by atoms with Gasteiger partial charge in [-0.25, -0.2) is 4.79 Å². The van der Waals surface area contributed by atoms with E-state index in [0.717, 1.165) is 16.7 Å². The van der Waals surface area contributed by atoms with E-state index in [1.807, 2.05) is 42.8 Å². The second-order valence-electron chi connectivity index (χ2n) is 5.13. The first kappa shape index (κ1) is 16.2. The Hall–Kier alpha value is -2.20. The highest BCUT2D eigenvalue weighted by molar-refractivity contribution is 7.08. The van der Waals surface area contributed by atoms with Crippen molar-refractivity contribution in [2.45, 2.75) is 26.9 Å². The largest absolute Gasteiger partial charge is 0.451 e. The van der Waals surface area contributed by atoms with E-state index in [9.17, 15) is 9.59 Å². The van der Waals surface area contributed by atoms with Gasteiger partial charge in [0.15, 0.2) is 6.10 Å². The molecule has 0 unspecified atom stereocenters. The molecule has 0 spiro atoms. The number of hydrogen-bond donors (Lipinski definition) is 0. The Morgan fingerprint density at radius 2 is 1.95 bits per heavy atom. The van der Waals surface area contributed by atoms with Crippen LogP contribution < -0.4 is 0 Å². The Labute approximate surface area is 134 Å². The van der Waals surface area contributed by atoms with Crippen LogP contribution in [0.5, 0.6) is 0 Å². The smallest absolute Gasteiger partial charge is 0.331 e. The first-order chi connectivity index (χ1) is 10.5. The van der Waals surface area contributed by atoms with Gasteiger partial charge in [-0.2, -0.15) is 11.3 Å². The van der Waals surface area contributed by atoms with Gasteiger partial charge in [-0.15, -0.1) is 0 Å². The molecule has 2 aromatic rings. The van der Waals surface area contributed by atoms with E-state index in [-0.39, 0.29) is 5.78 Å². The molecule has 4 heteroatoms. The van der Waals surface area contributed by atoms with Crippen LogP contribution in [0.15, 0.2) is 41.1 Å². The molecule has 0 bridgehead atoms. The van der Waals surface area contributed by atoms with Crippen molar-refractivity contribution in [3.8, 4) is 0 Å². The van der Waals surface area contributed by atoms with Crippen LogP contribution in [-0.2, 0) is 9.53 Å². The number of aryl methyl sites for hydroxylation is 2. The molecule has 2 rings (SSSR count). The monoisotopic (exact) mass is 314 g/mol. The van der Waals surface area contributed by atoms with E-state index in [1.165, 1.54) is 6.08 Å². The van der Waals surface area contributed by atoms with Crippen LogP contribution in [0.25, 0.3) is 6.08 Å². The molecular formula is C18H18O3S. The summed E-state index contributed by atoms with van der Waals surface area (Å²) in [4.78, 5) is 24.0. The highest BCUT2D eigenvalue weighted by Gasteiger charge is 2.18. The molecule has 0 fully saturated rings. The molecule has 0 aliphatic carbocycles. The average Bonchev–Trinajstić information content (AvgIpc) is 3.00. The molecule has 0 saturated carbocycles. The number of carbonyl (C=O) groups excluding carboxylic acids is 2. The lowest BCUT2D eigenvalue weighted by atomic mass is 10.0. The van der Waals surface area contributed by atoms with Crippen molar-refractivity contribution < 1.29 is 14.3 Å². The van der Waals surface area contributed by atoms with Gasteiger partial charge in [0, 0.05) is 11.6 Å². The summed E-state index contributed by atoms with van der Waals surface area (Å²) in [6.07, 6.45) is 2.21. The Bertz CT molecular complexity index is 699. The minimum Gasteiger partial charge on any atom is -0.451 e. The van der Waals surface area contributed by atoms with Crippen molar-refractivity contribution >= 4 is 29.2 Å². The fourth-order valence-electron chi connectivity index (χ4n) is 1.93. The lowest BCUT2D eigenvalue weighted by Gasteiger charge is -2.12. The second-order valence-corrected chi connectivity index (χ2v) is 5.91. The molecule has 1 aromatic carbocycles. The molecule has 0 N–H and O–H groups in total. The number of carbonyl (C=O) groups is 2. The summed E-state index contributed by atoms with van der Waals surface area (Å²) >= 11 is 1.55. The van der Waals surface area contributed by atoms with Gasteiger partial charge < -0.3 is 4.74 Å². The lowest BCUT2D eigenvalue weighted by Crippen LogP contribution is -2.23. The van der Waals surface area contributed by atoms with Crippen LogP contribution in [0.2, 0.25) is 0 Å². The molecule has 1 heterocycles. The Morgan fingerprint density at radius 3 is 2.59 bits per heavy atom. The van der Waals surface area contributed by atoms with Crippen LogP contribution >= 0.6 is 11.3 Å². The van der Waals surface area contributed by atoms with Crippen LogP contribution in [-0.4, -0.2) is 17.9 Å². The first-order valence-corrected chi connectivity index (χ1v) is 7.94. The standard InChI is InChI=1S/C18H18O3S/c1-12-4-6-16(10-13(12)2)18(20)14(3)21-17(19)7-5-15-8-9-22-11-15/h4-11,14H,1-3H3/b7-5+/t14-/m1/s1. The van der Waals surface area contributed by atoms with Crippen molar-refractivity contribution in [1.29, 1.82) is 0 Å². The minimum absolute atomic E-state index is 0.194. The number of benzene rings is 1. The molecule has 114 valence electrons. The summed E-state index contributed by atoms with van der Waals surface area (Å²) in [6, 6.07) is 7.38. The van der Waals surface area contributed by atoms with Gasteiger partial charge in [-0.05, 0) is 66.4 Å². The predicted molar refractivity (Wildman–Crippen MR) is 89.2 cm³/mol. The average molecular weight is 314 g/mol.